The quantitative estimate of drug-likeness (QED) is 0.440. The number of aldehydes is 1. The molecule has 0 aliphatic heterocycles. The van der Waals surface area contributed by atoms with Crippen molar-refractivity contribution in [2.24, 2.45) is 0 Å². The monoisotopic (exact) mass is 213 g/mol. The van der Waals surface area contributed by atoms with E-state index in [9.17, 15) is 14.9 Å². The molecule has 74 valence electrons. The number of nitro benzene ring substituents is 1. The first-order valence-corrected chi connectivity index (χ1v) is 4.33. The van der Waals surface area contributed by atoms with E-state index in [2.05, 4.69) is 0 Å². The van der Waals surface area contributed by atoms with Gasteiger partial charge in [-0.3, -0.25) is 10.1 Å². The minimum Gasteiger partial charge on any atom is -0.303 e. The molecule has 0 saturated carbocycles. The van der Waals surface area contributed by atoms with Crippen LogP contribution in [0.1, 0.15) is 18.4 Å². The highest BCUT2D eigenvalue weighted by atomic mass is 35.5. The van der Waals surface area contributed by atoms with E-state index >= 15 is 0 Å². The van der Waals surface area contributed by atoms with Gasteiger partial charge in [0.25, 0.3) is 5.69 Å². The van der Waals surface area contributed by atoms with Crippen molar-refractivity contribution in [2.75, 3.05) is 0 Å². The maximum Gasteiger partial charge on any atom is 0.270 e. The number of rotatable bonds is 3. The largest absolute Gasteiger partial charge is 0.303 e. The average Bonchev–Trinajstić information content (AvgIpc) is 2.16. The number of non-ortho nitro benzene ring substituents is 1. The Morgan fingerprint density at radius 2 is 2.21 bits per heavy atom. The maximum atomic E-state index is 10.5. The highest BCUT2D eigenvalue weighted by Gasteiger charge is 2.13. The third-order valence-electron chi connectivity index (χ3n) is 1.89. The second-order valence-corrected chi connectivity index (χ2v) is 3.29. The molecule has 5 heteroatoms. The standard InChI is InChI=1S/C9H8ClNO3/c1-6(5-12)8-3-2-7(11(13)14)4-9(8)10/h2-6H,1H3. The predicted octanol–water partition coefficient (Wildman–Crippen LogP) is 2.55. The van der Waals surface area contributed by atoms with Crippen LogP contribution in [0.3, 0.4) is 0 Å². The van der Waals surface area contributed by atoms with Gasteiger partial charge in [0.05, 0.1) is 9.95 Å². The van der Waals surface area contributed by atoms with Gasteiger partial charge >= 0.3 is 0 Å². The van der Waals surface area contributed by atoms with Crippen LogP contribution >= 0.6 is 11.6 Å². The summed E-state index contributed by atoms with van der Waals surface area (Å²) in [6, 6.07) is 4.08. The van der Waals surface area contributed by atoms with Gasteiger partial charge < -0.3 is 4.79 Å². The Kier molecular flexibility index (Phi) is 3.19. The van der Waals surface area contributed by atoms with E-state index in [1.807, 2.05) is 0 Å². The van der Waals surface area contributed by atoms with Crippen molar-refractivity contribution in [3.63, 3.8) is 0 Å². The number of benzene rings is 1. The molecule has 1 atom stereocenters. The van der Waals surface area contributed by atoms with Crippen molar-refractivity contribution < 1.29 is 9.72 Å². The zero-order valence-corrected chi connectivity index (χ0v) is 8.19. The minimum absolute atomic E-state index is 0.0724. The molecule has 0 heterocycles. The Hall–Kier alpha value is -1.42. The minimum atomic E-state index is -0.527. The Bertz CT molecular complexity index is 378. The van der Waals surface area contributed by atoms with Gasteiger partial charge in [-0.25, -0.2) is 0 Å². The first-order chi connectivity index (χ1) is 6.56. The number of nitrogens with zero attached hydrogens (tertiary/aromatic N) is 1. The van der Waals surface area contributed by atoms with Crippen LogP contribution in [0.4, 0.5) is 5.69 Å². The average molecular weight is 214 g/mol. The molecule has 14 heavy (non-hydrogen) atoms. The van der Waals surface area contributed by atoms with Gasteiger partial charge in [0.1, 0.15) is 6.29 Å². The van der Waals surface area contributed by atoms with Gasteiger partial charge in [0, 0.05) is 18.1 Å². The molecule has 0 saturated heterocycles. The van der Waals surface area contributed by atoms with Crippen LogP contribution in [0.2, 0.25) is 5.02 Å². The molecule has 1 unspecified atom stereocenters. The summed E-state index contributed by atoms with van der Waals surface area (Å²) in [7, 11) is 0. The third kappa shape index (κ3) is 2.09. The molecule has 0 aliphatic carbocycles. The Morgan fingerprint density at radius 3 is 2.64 bits per heavy atom. The summed E-state index contributed by atoms with van der Waals surface area (Å²) >= 11 is 5.78. The number of halogens is 1. The van der Waals surface area contributed by atoms with Crippen molar-refractivity contribution in [3.8, 4) is 0 Å². The fourth-order valence-corrected chi connectivity index (χ4v) is 1.42. The highest BCUT2D eigenvalue weighted by Crippen LogP contribution is 2.27. The molecule has 0 radical (unpaired) electrons. The molecule has 1 rings (SSSR count). The van der Waals surface area contributed by atoms with Crippen LogP contribution in [0.5, 0.6) is 0 Å². The molecule has 0 fully saturated rings. The Labute approximate surface area is 85.6 Å². The SMILES string of the molecule is CC(C=O)c1ccc([N+](=O)[O-])cc1Cl. The molecule has 0 aromatic heterocycles. The maximum absolute atomic E-state index is 10.5. The lowest BCUT2D eigenvalue weighted by molar-refractivity contribution is -0.384. The molecule has 1 aromatic carbocycles. The lowest BCUT2D eigenvalue weighted by atomic mass is 10.0. The van der Waals surface area contributed by atoms with Crippen LogP contribution in [0.15, 0.2) is 18.2 Å². The van der Waals surface area contributed by atoms with Gasteiger partial charge in [-0.15, -0.1) is 0 Å². The van der Waals surface area contributed by atoms with E-state index in [0.717, 1.165) is 6.29 Å². The summed E-state index contributed by atoms with van der Waals surface area (Å²) in [4.78, 5) is 20.3. The molecule has 0 aliphatic rings. The third-order valence-corrected chi connectivity index (χ3v) is 2.22. The number of hydrogen-bond acceptors (Lipinski definition) is 3. The van der Waals surface area contributed by atoms with E-state index in [1.54, 1.807) is 6.92 Å². The van der Waals surface area contributed by atoms with E-state index < -0.39 is 4.92 Å². The van der Waals surface area contributed by atoms with E-state index in [-0.39, 0.29) is 16.6 Å². The lowest BCUT2D eigenvalue weighted by Crippen LogP contribution is -1.96. The molecular weight excluding hydrogens is 206 g/mol. The lowest BCUT2D eigenvalue weighted by Gasteiger charge is -2.05. The van der Waals surface area contributed by atoms with Crippen molar-refractivity contribution in [1.82, 2.24) is 0 Å². The van der Waals surface area contributed by atoms with Crippen LogP contribution in [-0.2, 0) is 4.79 Å². The summed E-state index contributed by atoms with van der Waals surface area (Å²) in [6.45, 7) is 1.68. The van der Waals surface area contributed by atoms with Gasteiger partial charge in [-0.1, -0.05) is 24.6 Å². The van der Waals surface area contributed by atoms with Crippen molar-refractivity contribution in [2.45, 2.75) is 12.8 Å². The fraction of sp³-hybridized carbons (Fsp3) is 0.222. The van der Waals surface area contributed by atoms with Crippen LogP contribution in [-0.4, -0.2) is 11.2 Å². The van der Waals surface area contributed by atoms with Crippen LogP contribution in [0.25, 0.3) is 0 Å². The zero-order chi connectivity index (χ0) is 10.7. The summed E-state index contributed by atoms with van der Waals surface area (Å²) in [6.07, 6.45) is 0.743. The van der Waals surface area contributed by atoms with Crippen LogP contribution in [0, 0.1) is 10.1 Å². The number of hydrogen-bond donors (Lipinski definition) is 0. The predicted molar refractivity (Wildman–Crippen MR) is 52.6 cm³/mol. The molecule has 0 amide bonds. The second-order valence-electron chi connectivity index (χ2n) is 2.89. The summed E-state index contributed by atoms with van der Waals surface area (Å²) in [5, 5.41) is 10.6. The van der Waals surface area contributed by atoms with Crippen molar-refractivity contribution >= 4 is 23.6 Å². The van der Waals surface area contributed by atoms with Gasteiger partial charge in [-0.05, 0) is 5.56 Å². The van der Waals surface area contributed by atoms with Crippen molar-refractivity contribution in [1.29, 1.82) is 0 Å². The van der Waals surface area contributed by atoms with E-state index in [0.29, 0.717) is 5.56 Å². The number of nitro groups is 1. The first-order valence-electron chi connectivity index (χ1n) is 3.95. The topological polar surface area (TPSA) is 60.2 Å². The molecule has 4 nitrogen and oxygen atoms in total. The van der Waals surface area contributed by atoms with Gasteiger partial charge in [0.15, 0.2) is 0 Å². The Balaban J connectivity index is 3.13. The highest BCUT2D eigenvalue weighted by molar-refractivity contribution is 6.31. The first kappa shape index (κ1) is 10.7. The summed E-state index contributed by atoms with van der Waals surface area (Å²) in [5.74, 6) is -0.344. The van der Waals surface area contributed by atoms with Gasteiger partial charge in [-0.2, -0.15) is 0 Å². The summed E-state index contributed by atoms with van der Waals surface area (Å²) < 4.78 is 0. The molecule has 1 aromatic rings. The molecule has 0 bridgehead atoms. The fourth-order valence-electron chi connectivity index (χ4n) is 1.07. The van der Waals surface area contributed by atoms with Crippen molar-refractivity contribution in [3.05, 3.63) is 38.9 Å². The normalized spacial score (nSPS) is 12.1. The van der Waals surface area contributed by atoms with E-state index in [1.165, 1.54) is 18.2 Å². The number of carbonyl (C=O) groups excluding carboxylic acids is 1. The van der Waals surface area contributed by atoms with Crippen LogP contribution < -0.4 is 0 Å². The zero-order valence-electron chi connectivity index (χ0n) is 7.44. The van der Waals surface area contributed by atoms with Gasteiger partial charge in [0.2, 0.25) is 0 Å². The molecule has 0 N–H and O–H groups in total. The summed E-state index contributed by atoms with van der Waals surface area (Å²) in [5.41, 5.74) is 0.532. The van der Waals surface area contributed by atoms with E-state index in [4.69, 9.17) is 11.6 Å². The molecular formula is C9H8ClNO3. The smallest absolute Gasteiger partial charge is 0.270 e. The number of carbonyl (C=O) groups is 1. The second kappa shape index (κ2) is 4.19. The molecule has 0 spiro atoms. The Morgan fingerprint density at radius 1 is 1.57 bits per heavy atom.